The molecule has 226 valence electrons. The maximum atomic E-state index is 12.7. The number of hydrogen-bond acceptors (Lipinski definition) is 6. The molecule has 0 heterocycles. The molecule has 4 N–H and O–H groups in total. The van der Waals surface area contributed by atoms with Crippen LogP contribution in [0.2, 0.25) is 0 Å². The number of carbonyl (C=O) groups excluding carboxylic acids is 1. The molecule has 2 atom stereocenters. The van der Waals surface area contributed by atoms with Crippen LogP contribution in [0, 0.1) is 0 Å². The number of carboxylic acids is 3. The first kappa shape index (κ1) is 53.3. The molecule has 0 aliphatic carbocycles. The fourth-order valence-corrected chi connectivity index (χ4v) is 4.98. The van der Waals surface area contributed by atoms with Crippen LogP contribution in [-0.4, -0.2) is 193 Å². The predicted octanol–water partition coefficient (Wildman–Crippen LogP) is 3.21. The van der Waals surface area contributed by atoms with E-state index in [1.165, 1.54) is 64.2 Å². The molecule has 0 bridgehead atoms. The number of unbranched alkanes of at least 4 members (excludes halogenated alkanes) is 15. The van der Waals surface area contributed by atoms with Crippen molar-refractivity contribution in [2.45, 2.75) is 134 Å². The number of amides is 1. The third kappa shape index (κ3) is 28.0. The zero-order valence-corrected chi connectivity index (χ0v) is 35.5. The standard InChI is InChI=1S/C26H47NO10S.4Na/c1-2-3-4-5-6-7-8-9-10-11-12-13-14-15-16-17-18-27(21(25(31)32)19-24(29)30)23(28)20-22(26(33)34)38(35,36)37;;;;/h21-22H,2-20H2,1H3,(H,29,30)(H,31,32)(H,33,34)(H,35,36,37);;;;. The zero-order valence-electron chi connectivity index (χ0n) is 26.7. The Kier molecular flexibility index (Phi) is 41.5. The molecule has 4 radical (unpaired) electrons. The number of aliphatic carboxylic acids is 3. The van der Waals surface area contributed by atoms with Crippen LogP contribution < -0.4 is 0 Å². The van der Waals surface area contributed by atoms with Gasteiger partial charge in [0.1, 0.15) is 6.04 Å². The predicted molar refractivity (Wildman–Crippen MR) is 166 cm³/mol. The van der Waals surface area contributed by atoms with Gasteiger partial charge in [0, 0.05) is 125 Å². The van der Waals surface area contributed by atoms with E-state index in [2.05, 4.69) is 6.92 Å². The SMILES string of the molecule is CCCCCCCCCCCCCCCCCCN(C(=O)CC(C(=O)O)S(=O)(=O)O)C(CC(=O)O)C(=O)O.[Na].[Na].[Na].[Na]. The minimum absolute atomic E-state index is 0. The van der Waals surface area contributed by atoms with Crippen molar-refractivity contribution in [3.8, 4) is 0 Å². The van der Waals surface area contributed by atoms with Crippen molar-refractivity contribution >= 4 is 152 Å². The van der Waals surface area contributed by atoms with E-state index in [4.69, 9.17) is 14.8 Å². The second-order valence-corrected chi connectivity index (χ2v) is 11.5. The van der Waals surface area contributed by atoms with E-state index < -0.39 is 58.1 Å². The van der Waals surface area contributed by atoms with Crippen LogP contribution in [0.1, 0.15) is 122 Å². The molecule has 1 amide bonds. The fraction of sp³-hybridized carbons (Fsp3) is 0.846. The van der Waals surface area contributed by atoms with Gasteiger partial charge in [0.15, 0.2) is 5.25 Å². The average molecular weight is 658 g/mol. The topological polar surface area (TPSA) is 187 Å². The van der Waals surface area contributed by atoms with E-state index in [0.717, 1.165) is 25.7 Å². The van der Waals surface area contributed by atoms with E-state index in [1.807, 2.05) is 0 Å². The average Bonchev–Trinajstić information content (AvgIpc) is 2.82. The molecule has 11 nitrogen and oxygen atoms in total. The second-order valence-electron chi connectivity index (χ2n) is 9.89. The van der Waals surface area contributed by atoms with Crippen molar-refractivity contribution in [2.75, 3.05) is 6.54 Å². The van der Waals surface area contributed by atoms with Gasteiger partial charge in [0.2, 0.25) is 5.91 Å². The first-order valence-corrected chi connectivity index (χ1v) is 15.3. The van der Waals surface area contributed by atoms with Crippen molar-refractivity contribution in [1.29, 1.82) is 0 Å². The number of carboxylic acid groups (broad SMARTS) is 3. The molecule has 42 heavy (non-hydrogen) atoms. The Labute approximate surface area is 340 Å². The zero-order chi connectivity index (χ0) is 29.0. The molecule has 2 unspecified atom stereocenters. The van der Waals surface area contributed by atoms with Crippen molar-refractivity contribution in [1.82, 2.24) is 4.90 Å². The van der Waals surface area contributed by atoms with Gasteiger partial charge in [-0.25, -0.2) is 4.79 Å². The summed E-state index contributed by atoms with van der Waals surface area (Å²) in [6, 6.07) is -1.79. The van der Waals surface area contributed by atoms with Gasteiger partial charge in [-0.05, 0) is 6.42 Å². The van der Waals surface area contributed by atoms with E-state index in [-0.39, 0.29) is 125 Å². The van der Waals surface area contributed by atoms with Crippen LogP contribution in [0.4, 0.5) is 0 Å². The molecule has 0 spiro atoms. The van der Waals surface area contributed by atoms with E-state index in [9.17, 15) is 32.7 Å². The number of rotatable bonds is 25. The summed E-state index contributed by atoms with van der Waals surface area (Å²) in [7, 11) is -5.12. The van der Waals surface area contributed by atoms with Crippen molar-refractivity contribution in [2.24, 2.45) is 0 Å². The normalized spacial score (nSPS) is 11.9. The van der Waals surface area contributed by atoms with Crippen LogP contribution in [0.25, 0.3) is 0 Å². The van der Waals surface area contributed by atoms with Gasteiger partial charge in [-0.3, -0.25) is 18.9 Å². The number of nitrogens with zero attached hydrogens (tertiary/aromatic N) is 1. The summed E-state index contributed by atoms with van der Waals surface area (Å²) in [5.41, 5.74) is 0. The largest absolute Gasteiger partial charge is 0.481 e. The van der Waals surface area contributed by atoms with E-state index in [0.29, 0.717) is 17.7 Å². The molecule has 0 saturated carbocycles. The minimum Gasteiger partial charge on any atom is -0.481 e. The summed E-state index contributed by atoms with van der Waals surface area (Å²) >= 11 is 0. The van der Waals surface area contributed by atoms with Gasteiger partial charge in [0.25, 0.3) is 10.1 Å². The Hall–Kier alpha value is 1.79. The maximum Gasteiger partial charge on any atom is 0.327 e. The minimum atomic E-state index is -5.12. The van der Waals surface area contributed by atoms with E-state index >= 15 is 0 Å². The van der Waals surface area contributed by atoms with Crippen LogP contribution >= 0.6 is 0 Å². The summed E-state index contributed by atoms with van der Waals surface area (Å²) in [5, 5.41) is 25.0. The van der Waals surface area contributed by atoms with Crippen molar-refractivity contribution in [3.63, 3.8) is 0 Å². The monoisotopic (exact) mass is 657 g/mol. The first-order chi connectivity index (χ1) is 17.9. The third-order valence-electron chi connectivity index (χ3n) is 6.60. The summed E-state index contributed by atoms with van der Waals surface area (Å²) in [6.45, 7) is 2.05. The molecule has 0 aliphatic rings. The van der Waals surface area contributed by atoms with Crippen LogP contribution in [0.15, 0.2) is 0 Å². The molecule has 0 aliphatic heterocycles. The summed E-state index contributed by atoms with van der Waals surface area (Å²) in [4.78, 5) is 47.3. The summed E-state index contributed by atoms with van der Waals surface area (Å²) in [5.74, 6) is -6.21. The Balaban J connectivity index is -0.00000114. The van der Waals surface area contributed by atoms with Crippen molar-refractivity contribution < 1.29 is 47.5 Å². The van der Waals surface area contributed by atoms with Crippen LogP contribution in [-0.2, 0) is 29.3 Å². The molecule has 0 saturated heterocycles. The van der Waals surface area contributed by atoms with Gasteiger partial charge in [-0.1, -0.05) is 103 Å². The Morgan fingerprint density at radius 3 is 1.24 bits per heavy atom. The van der Waals surface area contributed by atoms with Gasteiger partial charge < -0.3 is 20.2 Å². The number of hydrogen-bond donors (Lipinski definition) is 4. The third-order valence-corrected chi connectivity index (χ3v) is 7.68. The van der Waals surface area contributed by atoms with Gasteiger partial charge in [0.05, 0.1) is 12.8 Å². The molecule has 0 fully saturated rings. The molecule has 16 heteroatoms. The fourth-order valence-electron chi connectivity index (χ4n) is 4.38. The molecular formula is C26H47NNa4O10S. The smallest absolute Gasteiger partial charge is 0.327 e. The maximum absolute atomic E-state index is 12.7. The molecule has 0 aromatic rings. The first-order valence-electron chi connectivity index (χ1n) is 13.8. The molecule has 0 aromatic carbocycles. The Morgan fingerprint density at radius 2 is 0.952 bits per heavy atom. The quantitative estimate of drug-likeness (QED) is 0.0645. The van der Waals surface area contributed by atoms with Gasteiger partial charge >= 0.3 is 17.9 Å². The van der Waals surface area contributed by atoms with Gasteiger partial charge in [-0.15, -0.1) is 0 Å². The number of carbonyl (C=O) groups is 4. The molecule has 0 rings (SSSR count). The van der Waals surface area contributed by atoms with Crippen molar-refractivity contribution in [3.05, 3.63) is 0 Å². The van der Waals surface area contributed by atoms with Crippen LogP contribution in [0.5, 0.6) is 0 Å². The van der Waals surface area contributed by atoms with Crippen LogP contribution in [0.3, 0.4) is 0 Å². The van der Waals surface area contributed by atoms with E-state index in [1.54, 1.807) is 0 Å². The Morgan fingerprint density at radius 1 is 0.595 bits per heavy atom. The Bertz CT molecular complexity index is 834. The molecular weight excluding hydrogens is 610 g/mol. The summed E-state index contributed by atoms with van der Waals surface area (Å²) < 4.78 is 31.8. The van der Waals surface area contributed by atoms with Gasteiger partial charge in [-0.2, -0.15) is 8.42 Å². The second kappa shape index (κ2) is 32.7. The summed E-state index contributed by atoms with van der Waals surface area (Å²) in [6.07, 6.45) is 15.7. The molecule has 0 aromatic heterocycles.